The van der Waals surface area contributed by atoms with E-state index in [0.29, 0.717) is 0 Å². The summed E-state index contributed by atoms with van der Waals surface area (Å²) in [4.78, 5) is 11.9. The lowest BCUT2D eigenvalue weighted by Crippen LogP contribution is -1.86. The number of hydrogen-bond donors (Lipinski definition) is 0. The first kappa shape index (κ1) is 12.4. The molecule has 3 heteroatoms. The van der Waals surface area contributed by atoms with Crippen LogP contribution in [0.5, 0.6) is 0 Å². The smallest absolute Gasteiger partial charge is 0.151 e. The molecule has 17 heavy (non-hydrogen) atoms. The van der Waals surface area contributed by atoms with E-state index >= 15 is 0 Å². The minimum Gasteiger partial charge on any atom is -0.298 e. The van der Waals surface area contributed by atoms with Crippen LogP contribution in [-0.2, 0) is 5.75 Å². The lowest BCUT2D eigenvalue weighted by molar-refractivity contribution is 0.112. The lowest BCUT2D eigenvalue weighted by Gasteiger charge is -2.06. The first-order valence-corrected chi connectivity index (χ1v) is 6.99. The molecule has 0 N–H and O–H groups in total. The molecule has 0 aliphatic rings. The van der Waals surface area contributed by atoms with Gasteiger partial charge in [-0.1, -0.05) is 52.3 Å². The van der Waals surface area contributed by atoms with Crippen LogP contribution >= 0.6 is 27.7 Å². The summed E-state index contributed by atoms with van der Waals surface area (Å²) in [5.41, 5.74) is 1.99. The number of aldehydes is 1. The van der Waals surface area contributed by atoms with Gasteiger partial charge in [-0.25, -0.2) is 0 Å². The Morgan fingerprint density at radius 2 is 1.76 bits per heavy atom. The van der Waals surface area contributed by atoms with E-state index in [1.165, 1.54) is 5.56 Å². The maximum atomic E-state index is 10.9. The van der Waals surface area contributed by atoms with Crippen LogP contribution in [0, 0.1) is 0 Å². The second-order valence-electron chi connectivity index (χ2n) is 3.54. The van der Waals surface area contributed by atoms with Gasteiger partial charge in [0, 0.05) is 20.7 Å². The van der Waals surface area contributed by atoms with Gasteiger partial charge in [0.05, 0.1) is 0 Å². The molecule has 2 rings (SSSR count). The predicted octanol–water partition coefficient (Wildman–Crippen LogP) is 4.55. The molecular weight excluding hydrogens is 296 g/mol. The maximum absolute atomic E-state index is 10.9. The van der Waals surface area contributed by atoms with Crippen molar-refractivity contribution in [1.29, 1.82) is 0 Å². The molecule has 0 aliphatic carbocycles. The first-order chi connectivity index (χ1) is 8.31. The zero-order chi connectivity index (χ0) is 12.1. The second kappa shape index (κ2) is 6.03. The number of halogens is 1. The van der Waals surface area contributed by atoms with Crippen molar-refractivity contribution < 1.29 is 4.79 Å². The lowest BCUT2D eigenvalue weighted by atomic mass is 10.2. The van der Waals surface area contributed by atoms with Crippen LogP contribution in [0.4, 0.5) is 0 Å². The third kappa shape index (κ3) is 3.20. The summed E-state index contributed by atoms with van der Waals surface area (Å²) in [5.74, 6) is 0.853. The van der Waals surface area contributed by atoms with Gasteiger partial charge in [-0.3, -0.25) is 4.79 Å². The summed E-state index contributed by atoms with van der Waals surface area (Å²) in [6.45, 7) is 0. The largest absolute Gasteiger partial charge is 0.298 e. The van der Waals surface area contributed by atoms with Crippen molar-refractivity contribution >= 4 is 34.0 Å². The van der Waals surface area contributed by atoms with Crippen LogP contribution in [0.2, 0.25) is 0 Å². The predicted molar refractivity (Wildman–Crippen MR) is 75.5 cm³/mol. The van der Waals surface area contributed by atoms with E-state index in [9.17, 15) is 4.79 Å². The average molecular weight is 307 g/mol. The third-order valence-electron chi connectivity index (χ3n) is 2.39. The van der Waals surface area contributed by atoms with Crippen molar-refractivity contribution in [1.82, 2.24) is 0 Å². The highest BCUT2D eigenvalue weighted by molar-refractivity contribution is 9.10. The minimum atomic E-state index is 0.754. The van der Waals surface area contributed by atoms with E-state index in [1.807, 2.05) is 42.5 Å². The normalized spacial score (nSPS) is 10.2. The Hall–Kier alpha value is -1.06. The number of benzene rings is 2. The average Bonchev–Trinajstić information content (AvgIpc) is 2.38. The van der Waals surface area contributed by atoms with Gasteiger partial charge in [-0.15, -0.1) is 11.8 Å². The van der Waals surface area contributed by atoms with Crippen LogP contribution in [0.3, 0.4) is 0 Å². The zero-order valence-corrected chi connectivity index (χ0v) is 11.5. The topological polar surface area (TPSA) is 17.1 Å². The summed E-state index contributed by atoms with van der Waals surface area (Å²) in [7, 11) is 0. The summed E-state index contributed by atoms with van der Waals surface area (Å²) in [5, 5.41) is 0. The molecule has 0 bridgehead atoms. The van der Waals surface area contributed by atoms with Crippen molar-refractivity contribution in [3.63, 3.8) is 0 Å². The van der Waals surface area contributed by atoms with Crippen LogP contribution < -0.4 is 0 Å². The SMILES string of the molecule is O=Cc1ccccc1SCc1ccccc1Br. The van der Waals surface area contributed by atoms with Gasteiger partial charge in [-0.2, -0.15) is 0 Å². The Morgan fingerprint density at radius 3 is 2.53 bits per heavy atom. The highest BCUT2D eigenvalue weighted by atomic mass is 79.9. The van der Waals surface area contributed by atoms with Crippen LogP contribution in [0.15, 0.2) is 57.9 Å². The van der Waals surface area contributed by atoms with Crippen LogP contribution in [0.1, 0.15) is 15.9 Å². The summed E-state index contributed by atoms with van der Waals surface area (Å²) in [6.07, 6.45) is 0.905. The molecule has 0 radical (unpaired) electrons. The molecule has 0 aromatic heterocycles. The quantitative estimate of drug-likeness (QED) is 0.609. The molecular formula is C14H11BrOS. The molecule has 0 saturated heterocycles. The molecule has 0 unspecified atom stereocenters. The molecule has 2 aromatic rings. The van der Waals surface area contributed by atoms with E-state index in [2.05, 4.69) is 22.0 Å². The fourth-order valence-corrected chi connectivity index (χ4v) is 3.11. The Labute approximate surface area is 113 Å². The Balaban J connectivity index is 2.13. The molecule has 0 atom stereocenters. The Morgan fingerprint density at radius 1 is 1.06 bits per heavy atom. The number of carbonyl (C=O) groups is 1. The van der Waals surface area contributed by atoms with Gasteiger partial charge in [0.2, 0.25) is 0 Å². The molecule has 0 spiro atoms. The van der Waals surface area contributed by atoms with Gasteiger partial charge in [0.1, 0.15) is 0 Å². The first-order valence-electron chi connectivity index (χ1n) is 5.21. The fourth-order valence-electron chi connectivity index (χ4n) is 1.48. The maximum Gasteiger partial charge on any atom is 0.151 e. The van der Waals surface area contributed by atoms with Gasteiger partial charge in [-0.05, 0) is 17.7 Å². The second-order valence-corrected chi connectivity index (χ2v) is 5.41. The summed E-state index contributed by atoms with van der Waals surface area (Å²) < 4.78 is 1.11. The van der Waals surface area contributed by atoms with Crippen molar-refractivity contribution in [2.45, 2.75) is 10.6 Å². The molecule has 86 valence electrons. The van der Waals surface area contributed by atoms with Crippen molar-refractivity contribution in [2.24, 2.45) is 0 Å². The number of thioether (sulfide) groups is 1. The van der Waals surface area contributed by atoms with E-state index in [1.54, 1.807) is 11.8 Å². The van der Waals surface area contributed by atoms with E-state index in [4.69, 9.17) is 0 Å². The third-order valence-corrected chi connectivity index (χ3v) is 4.30. The van der Waals surface area contributed by atoms with Crippen molar-refractivity contribution in [2.75, 3.05) is 0 Å². The fraction of sp³-hybridized carbons (Fsp3) is 0.0714. The standard InChI is InChI=1S/C14H11BrOS/c15-13-7-3-1-6-12(13)10-17-14-8-4-2-5-11(14)9-16/h1-9H,10H2. The van der Waals surface area contributed by atoms with E-state index < -0.39 is 0 Å². The van der Waals surface area contributed by atoms with E-state index in [0.717, 1.165) is 27.0 Å². The molecule has 0 aliphatic heterocycles. The molecule has 0 fully saturated rings. The van der Waals surface area contributed by atoms with Gasteiger partial charge >= 0.3 is 0 Å². The summed E-state index contributed by atoms with van der Waals surface area (Å²) >= 11 is 5.20. The molecule has 0 heterocycles. The zero-order valence-electron chi connectivity index (χ0n) is 9.10. The highest BCUT2D eigenvalue weighted by Crippen LogP contribution is 2.28. The molecule has 0 saturated carbocycles. The van der Waals surface area contributed by atoms with E-state index in [-0.39, 0.29) is 0 Å². The van der Waals surface area contributed by atoms with Crippen LogP contribution in [-0.4, -0.2) is 6.29 Å². The molecule has 1 nitrogen and oxygen atoms in total. The molecule has 0 amide bonds. The van der Waals surface area contributed by atoms with Crippen molar-refractivity contribution in [3.8, 4) is 0 Å². The van der Waals surface area contributed by atoms with Gasteiger partial charge < -0.3 is 0 Å². The minimum absolute atomic E-state index is 0.754. The van der Waals surface area contributed by atoms with Gasteiger partial charge in [0.25, 0.3) is 0 Å². The summed E-state index contributed by atoms with van der Waals surface area (Å²) in [6, 6.07) is 15.8. The van der Waals surface area contributed by atoms with Gasteiger partial charge in [0.15, 0.2) is 6.29 Å². The Bertz CT molecular complexity index is 525. The number of carbonyl (C=O) groups excluding carboxylic acids is 1. The van der Waals surface area contributed by atoms with Crippen LogP contribution in [0.25, 0.3) is 0 Å². The number of rotatable bonds is 4. The monoisotopic (exact) mass is 306 g/mol. The van der Waals surface area contributed by atoms with Crippen molar-refractivity contribution in [3.05, 3.63) is 64.1 Å². The highest BCUT2D eigenvalue weighted by Gasteiger charge is 2.03. The molecule has 2 aromatic carbocycles. The Kier molecular flexibility index (Phi) is 4.40. The number of hydrogen-bond acceptors (Lipinski definition) is 2.